The summed E-state index contributed by atoms with van der Waals surface area (Å²) in [7, 11) is 0. The summed E-state index contributed by atoms with van der Waals surface area (Å²) in [6.07, 6.45) is 1.84. The number of rotatable bonds is 2. The van der Waals surface area contributed by atoms with Crippen molar-refractivity contribution in [2.45, 2.75) is 12.6 Å². The van der Waals surface area contributed by atoms with Gasteiger partial charge in [-0.3, -0.25) is 4.79 Å². The molecule has 0 bridgehead atoms. The highest BCUT2D eigenvalue weighted by Crippen LogP contribution is 2.30. The van der Waals surface area contributed by atoms with Gasteiger partial charge in [-0.15, -0.1) is 0 Å². The van der Waals surface area contributed by atoms with Crippen molar-refractivity contribution >= 4 is 11.9 Å². The summed E-state index contributed by atoms with van der Waals surface area (Å²) in [6.45, 7) is 0. The molecular formula is C11H9FO3. The largest absolute Gasteiger partial charge is 0.508 e. The predicted octanol–water partition coefficient (Wildman–Crippen LogP) is 2.42. The van der Waals surface area contributed by atoms with Crippen LogP contribution in [0.3, 0.4) is 0 Å². The van der Waals surface area contributed by atoms with Crippen LogP contribution < -0.4 is 0 Å². The summed E-state index contributed by atoms with van der Waals surface area (Å²) in [6, 6.07) is 3.37. The van der Waals surface area contributed by atoms with Gasteiger partial charge in [-0.1, -0.05) is 0 Å². The first-order valence-corrected chi connectivity index (χ1v) is 4.49. The van der Waals surface area contributed by atoms with Gasteiger partial charge < -0.3 is 9.52 Å². The minimum atomic E-state index is -1.53. The summed E-state index contributed by atoms with van der Waals surface area (Å²) in [5.41, 5.74) is 0.549. The number of hydrogen-bond acceptors (Lipinski definition) is 3. The van der Waals surface area contributed by atoms with Crippen molar-refractivity contribution in [3.63, 3.8) is 0 Å². The summed E-state index contributed by atoms with van der Waals surface area (Å²) in [5.74, 6) is 0.0183. The molecule has 1 aromatic rings. The van der Waals surface area contributed by atoms with Gasteiger partial charge in [0.15, 0.2) is 12.5 Å². The third kappa shape index (κ3) is 1.70. The SMILES string of the molecule is O=CC1=C(O)C(F)CC(c2ccco2)=C1. The van der Waals surface area contributed by atoms with E-state index in [1.807, 2.05) is 0 Å². The van der Waals surface area contributed by atoms with Crippen molar-refractivity contribution in [3.05, 3.63) is 41.6 Å². The summed E-state index contributed by atoms with van der Waals surface area (Å²) < 4.78 is 18.4. The van der Waals surface area contributed by atoms with Crippen LogP contribution in [0.25, 0.3) is 5.57 Å². The highest BCUT2D eigenvalue weighted by molar-refractivity contribution is 5.85. The average molecular weight is 208 g/mol. The Hall–Kier alpha value is -1.84. The number of carbonyl (C=O) groups is 1. The maximum Gasteiger partial charge on any atom is 0.162 e. The molecule has 0 fully saturated rings. The number of aliphatic hydroxyl groups excluding tert-OH is 1. The predicted molar refractivity (Wildman–Crippen MR) is 51.9 cm³/mol. The number of halogens is 1. The zero-order valence-electron chi connectivity index (χ0n) is 7.81. The summed E-state index contributed by atoms with van der Waals surface area (Å²) in [4.78, 5) is 10.6. The minimum Gasteiger partial charge on any atom is -0.508 e. The van der Waals surface area contributed by atoms with E-state index in [4.69, 9.17) is 4.42 Å². The van der Waals surface area contributed by atoms with Gasteiger partial charge in [0.25, 0.3) is 0 Å². The second-order valence-electron chi connectivity index (χ2n) is 3.28. The lowest BCUT2D eigenvalue weighted by Gasteiger charge is -2.15. The number of hydrogen-bond donors (Lipinski definition) is 1. The van der Waals surface area contributed by atoms with Gasteiger partial charge in [-0.25, -0.2) is 4.39 Å². The Kier molecular flexibility index (Phi) is 2.41. The van der Waals surface area contributed by atoms with Crippen molar-refractivity contribution in [1.82, 2.24) is 0 Å². The van der Waals surface area contributed by atoms with Gasteiger partial charge in [0, 0.05) is 6.42 Å². The second-order valence-corrected chi connectivity index (χ2v) is 3.28. The quantitative estimate of drug-likeness (QED) is 0.759. The van der Waals surface area contributed by atoms with Crippen LogP contribution in [0.15, 0.2) is 40.2 Å². The lowest BCUT2D eigenvalue weighted by Crippen LogP contribution is -2.12. The Morgan fingerprint density at radius 3 is 3.00 bits per heavy atom. The number of alkyl halides is 1. The van der Waals surface area contributed by atoms with E-state index < -0.39 is 11.9 Å². The fourth-order valence-corrected chi connectivity index (χ4v) is 1.52. The average Bonchev–Trinajstić information content (AvgIpc) is 2.75. The molecule has 1 aliphatic rings. The topological polar surface area (TPSA) is 50.4 Å². The molecule has 0 aliphatic heterocycles. The van der Waals surface area contributed by atoms with Crippen LogP contribution in [-0.4, -0.2) is 17.6 Å². The Bertz CT molecular complexity index is 429. The minimum absolute atomic E-state index is 0.0245. The lowest BCUT2D eigenvalue weighted by atomic mass is 9.95. The van der Waals surface area contributed by atoms with E-state index in [2.05, 4.69) is 0 Å². The van der Waals surface area contributed by atoms with Crippen molar-refractivity contribution in [3.8, 4) is 0 Å². The van der Waals surface area contributed by atoms with E-state index in [1.54, 1.807) is 12.1 Å². The van der Waals surface area contributed by atoms with Crippen molar-refractivity contribution in [1.29, 1.82) is 0 Å². The molecule has 0 radical (unpaired) electrons. The van der Waals surface area contributed by atoms with Crippen LogP contribution in [0.1, 0.15) is 12.2 Å². The van der Waals surface area contributed by atoms with E-state index in [1.165, 1.54) is 12.3 Å². The van der Waals surface area contributed by atoms with Gasteiger partial charge in [-0.2, -0.15) is 0 Å². The second kappa shape index (κ2) is 3.73. The third-order valence-corrected chi connectivity index (χ3v) is 2.29. The highest BCUT2D eigenvalue weighted by Gasteiger charge is 2.24. The van der Waals surface area contributed by atoms with Gasteiger partial charge in [0.05, 0.1) is 11.8 Å². The van der Waals surface area contributed by atoms with E-state index >= 15 is 0 Å². The van der Waals surface area contributed by atoms with Crippen molar-refractivity contribution in [2.24, 2.45) is 0 Å². The van der Waals surface area contributed by atoms with Crippen molar-refractivity contribution < 1.29 is 18.7 Å². The zero-order valence-corrected chi connectivity index (χ0v) is 7.81. The molecule has 0 saturated heterocycles. The number of furan rings is 1. The molecule has 2 rings (SSSR count). The smallest absolute Gasteiger partial charge is 0.162 e. The molecule has 0 aromatic carbocycles. The van der Waals surface area contributed by atoms with Gasteiger partial charge >= 0.3 is 0 Å². The number of carbonyl (C=O) groups excluding carboxylic acids is 1. The molecule has 1 unspecified atom stereocenters. The van der Waals surface area contributed by atoms with Gasteiger partial charge in [0.2, 0.25) is 0 Å². The molecule has 1 atom stereocenters. The van der Waals surface area contributed by atoms with E-state index in [0.29, 0.717) is 17.6 Å². The summed E-state index contributed by atoms with van der Waals surface area (Å²) >= 11 is 0. The maximum atomic E-state index is 13.3. The normalized spacial score (nSPS) is 21.4. The van der Waals surface area contributed by atoms with Crippen molar-refractivity contribution in [2.75, 3.05) is 0 Å². The first-order valence-electron chi connectivity index (χ1n) is 4.49. The Morgan fingerprint density at radius 2 is 2.40 bits per heavy atom. The highest BCUT2D eigenvalue weighted by atomic mass is 19.1. The molecule has 3 nitrogen and oxygen atoms in total. The fourth-order valence-electron chi connectivity index (χ4n) is 1.52. The molecule has 1 aromatic heterocycles. The zero-order chi connectivity index (χ0) is 10.8. The van der Waals surface area contributed by atoms with Crippen LogP contribution in [0, 0.1) is 0 Å². The molecular weight excluding hydrogens is 199 g/mol. The number of aldehydes is 1. The molecule has 15 heavy (non-hydrogen) atoms. The summed E-state index contributed by atoms with van der Waals surface area (Å²) in [5, 5.41) is 9.25. The Morgan fingerprint density at radius 1 is 1.60 bits per heavy atom. The molecule has 4 heteroatoms. The molecule has 0 spiro atoms. The number of aliphatic hydroxyl groups is 1. The Labute approximate surface area is 85.5 Å². The number of allylic oxidation sites excluding steroid dienone is 4. The first kappa shape index (κ1) is 9.71. The monoisotopic (exact) mass is 208 g/mol. The maximum absolute atomic E-state index is 13.3. The van der Waals surface area contributed by atoms with E-state index in [-0.39, 0.29) is 12.0 Å². The van der Waals surface area contributed by atoms with Crippen LogP contribution in [0.5, 0.6) is 0 Å². The molecule has 1 aliphatic carbocycles. The van der Waals surface area contributed by atoms with Gasteiger partial charge in [-0.05, 0) is 23.8 Å². The molecule has 1 N–H and O–H groups in total. The molecule has 78 valence electrons. The Balaban J connectivity index is 2.41. The molecule has 0 amide bonds. The van der Waals surface area contributed by atoms with E-state index in [0.717, 1.165) is 0 Å². The standard InChI is InChI=1S/C11H9FO3/c12-9-5-7(10-2-1-3-15-10)4-8(6-13)11(9)14/h1-4,6,9,14H,5H2. The van der Waals surface area contributed by atoms with E-state index in [9.17, 15) is 14.3 Å². The third-order valence-electron chi connectivity index (χ3n) is 2.29. The van der Waals surface area contributed by atoms with Crippen LogP contribution >= 0.6 is 0 Å². The lowest BCUT2D eigenvalue weighted by molar-refractivity contribution is -0.104. The van der Waals surface area contributed by atoms with Crippen LogP contribution in [0.4, 0.5) is 4.39 Å². The van der Waals surface area contributed by atoms with Gasteiger partial charge in [0.1, 0.15) is 11.5 Å². The van der Waals surface area contributed by atoms with Crippen LogP contribution in [-0.2, 0) is 4.79 Å². The van der Waals surface area contributed by atoms with Crippen LogP contribution in [0.2, 0.25) is 0 Å². The first-order chi connectivity index (χ1) is 7.22. The molecule has 0 saturated carbocycles. The molecule has 1 heterocycles. The fraction of sp³-hybridized carbons (Fsp3) is 0.182.